The lowest BCUT2D eigenvalue weighted by atomic mass is 10.5. The monoisotopic (exact) mass is 156 g/mol. The average Bonchev–Trinajstić information content (AvgIpc) is 2.18. The lowest BCUT2D eigenvalue weighted by Crippen LogP contribution is -2.20. The molecule has 6 nitrogen and oxygen atoms in total. The van der Waals surface area contributed by atoms with Gasteiger partial charge in [0, 0.05) is 0 Å². The van der Waals surface area contributed by atoms with Gasteiger partial charge in [-0.2, -0.15) is 0 Å². The van der Waals surface area contributed by atoms with Gasteiger partial charge in [-0.25, -0.2) is 4.68 Å². The van der Waals surface area contributed by atoms with Crippen molar-refractivity contribution in [3.63, 3.8) is 0 Å². The third kappa shape index (κ3) is 1.58. The first kappa shape index (κ1) is 7.80. The van der Waals surface area contributed by atoms with Crippen LogP contribution in [-0.4, -0.2) is 33.9 Å². The van der Waals surface area contributed by atoms with Gasteiger partial charge in [0.1, 0.15) is 0 Å². The zero-order chi connectivity index (χ0) is 8.43. The molecular formula is C5H12N6. The number of nitrogens with zero attached hydrogens (tertiary/aromatic N) is 4. The van der Waals surface area contributed by atoms with Crippen molar-refractivity contribution in [1.29, 1.82) is 0 Å². The van der Waals surface area contributed by atoms with Gasteiger partial charge in [0.15, 0.2) is 5.82 Å². The highest BCUT2D eigenvalue weighted by Gasteiger charge is 2.05. The molecule has 0 aliphatic rings. The molecule has 0 spiro atoms. The maximum Gasteiger partial charge on any atom is 0.240 e. The van der Waals surface area contributed by atoms with Gasteiger partial charge in [0.05, 0.1) is 6.54 Å². The van der Waals surface area contributed by atoms with E-state index >= 15 is 0 Å². The van der Waals surface area contributed by atoms with E-state index < -0.39 is 0 Å². The van der Waals surface area contributed by atoms with E-state index in [2.05, 4.69) is 10.2 Å². The molecule has 11 heavy (non-hydrogen) atoms. The molecule has 6 heteroatoms. The van der Waals surface area contributed by atoms with Crippen molar-refractivity contribution in [1.82, 2.24) is 19.8 Å². The minimum atomic E-state index is 0.238. The molecule has 0 unspecified atom stereocenters. The molecule has 1 rings (SSSR count). The van der Waals surface area contributed by atoms with Crippen LogP contribution in [-0.2, 0) is 6.54 Å². The van der Waals surface area contributed by atoms with E-state index in [0.29, 0.717) is 12.4 Å². The first-order valence-corrected chi connectivity index (χ1v) is 3.21. The molecule has 0 bridgehead atoms. The molecule has 0 atom stereocenters. The number of aromatic nitrogens is 3. The Bertz CT molecular complexity index is 239. The Labute approximate surface area is 64.8 Å². The topological polar surface area (TPSA) is 86.0 Å². The van der Waals surface area contributed by atoms with Crippen molar-refractivity contribution in [2.45, 2.75) is 6.54 Å². The second-order valence-electron chi connectivity index (χ2n) is 2.58. The van der Waals surface area contributed by atoms with Gasteiger partial charge >= 0.3 is 0 Å². The predicted molar refractivity (Wildman–Crippen MR) is 42.0 cm³/mol. The number of nitrogens with two attached hydrogens (primary N) is 2. The molecule has 1 aromatic rings. The van der Waals surface area contributed by atoms with Crippen LogP contribution in [0.5, 0.6) is 0 Å². The van der Waals surface area contributed by atoms with Crippen molar-refractivity contribution >= 4 is 5.95 Å². The normalized spacial score (nSPS) is 10.8. The second-order valence-corrected chi connectivity index (χ2v) is 2.58. The molecule has 0 aliphatic heterocycles. The van der Waals surface area contributed by atoms with Crippen LogP contribution in [0.15, 0.2) is 0 Å². The summed E-state index contributed by atoms with van der Waals surface area (Å²) in [5, 5.41) is 7.39. The molecule has 0 fully saturated rings. The van der Waals surface area contributed by atoms with E-state index in [1.807, 2.05) is 19.0 Å². The zero-order valence-electron chi connectivity index (χ0n) is 6.65. The zero-order valence-corrected chi connectivity index (χ0v) is 6.65. The summed E-state index contributed by atoms with van der Waals surface area (Å²) in [6.45, 7) is 0.640. The molecule has 0 amide bonds. The van der Waals surface area contributed by atoms with Crippen LogP contribution in [0.1, 0.15) is 5.82 Å². The molecule has 0 radical (unpaired) electrons. The van der Waals surface area contributed by atoms with E-state index in [0.717, 1.165) is 0 Å². The molecule has 0 saturated carbocycles. The quantitative estimate of drug-likeness (QED) is 0.516. The number of rotatable bonds is 2. The molecule has 1 heterocycles. The maximum atomic E-state index is 5.49. The van der Waals surface area contributed by atoms with Crippen LogP contribution in [0, 0.1) is 0 Å². The third-order valence-corrected chi connectivity index (χ3v) is 1.25. The average molecular weight is 156 g/mol. The highest BCUT2D eigenvalue weighted by atomic mass is 15.5. The van der Waals surface area contributed by atoms with E-state index in [1.165, 1.54) is 4.68 Å². The summed E-state index contributed by atoms with van der Waals surface area (Å²) < 4.78 is 1.28. The van der Waals surface area contributed by atoms with Crippen LogP contribution in [0.4, 0.5) is 5.95 Å². The van der Waals surface area contributed by atoms with Gasteiger partial charge in [-0.15, -0.1) is 10.2 Å². The summed E-state index contributed by atoms with van der Waals surface area (Å²) in [7, 11) is 3.84. The summed E-state index contributed by atoms with van der Waals surface area (Å²) in [4.78, 5) is 1.94. The van der Waals surface area contributed by atoms with Crippen molar-refractivity contribution < 1.29 is 0 Å². The van der Waals surface area contributed by atoms with Crippen molar-refractivity contribution in [3.05, 3.63) is 5.82 Å². The number of hydrogen-bond acceptors (Lipinski definition) is 5. The molecular weight excluding hydrogens is 144 g/mol. The van der Waals surface area contributed by atoms with E-state index in [1.54, 1.807) is 0 Å². The number of nitrogen functional groups attached to an aromatic ring is 2. The fraction of sp³-hybridized carbons (Fsp3) is 0.600. The molecule has 0 aromatic carbocycles. The summed E-state index contributed by atoms with van der Waals surface area (Å²) in [6, 6.07) is 0. The first-order valence-electron chi connectivity index (χ1n) is 3.21. The van der Waals surface area contributed by atoms with Gasteiger partial charge in [0.2, 0.25) is 5.95 Å². The van der Waals surface area contributed by atoms with Gasteiger partial charge < -0.3 is 16.5 Å². The van der Waals surface area contributed by atoms with E-state index in [9.17, 15) is 0 Å². The number of anilines is 1. The molecule has 4 N–H and O–H groups in total. The van der Waals surface area contributed by atoms with E-state index in [4.69, 9.17) is 11.6 Å². The Morgan fingerprint density at radius 2 is 2.09 bits per heavy atom. The van der Waals surface area contributed by atoms with Crippen LogP contribution in [0.2, 0.25) is 0 Å². The van der Waals surface area contributed by atoms with Crippen molar-refractivity contribution in [3.8, 4) is 0 Å². The lowest BCUT2D eigenvalue weighted by molar-refractivity contribution is 0.386. The minimum Gasteiger partial charge on any atom is -0.366 e. The largest absolute Gasteiger partial charge is 0.366 e. The predicted octanol–water partition coefficient (Wildman–Crippen LogP) is -1.36. The summed E-state index contributed by atoms with van der Waals surface area (Å²) >= 11 is 0. The highest BCUT2D eigenvalue weighted by Crippen LogP contribution is 1.98. The third-order valence-electron chi connectivity index (χ3n) is 1.25. The standard InChI is InChI=1S/C5H12N6/c1-10(2)3-4-8-9-5(6)11(4)7/h3,7H2,1-2H3,(H2,6,9). The lowest BCUT2D eigenvalue weighted by Gasteiger charge is -2.07. The number of hydrogen-bond donors (Lipinski definition) is 2. The Kier molecular flexibility index (Phi) is 1.95. The Morgan fingerprint density at radius 3 is 2.45 bits per heavy atom. The molecule has 0 saturated heterocycles. The first-order chi connectivity index (χ1) is 5.11. The fourth-order valence-corrected chi connectivity index (χ4v) is 0.728. The SMILES string of the molecule is CN(C)Cc1nnc(N)n1N. The highest BCUT2D eigenvalue weighted by molar-refractivity contribution is 5.16. The molecule has 62 valence electrons. The van der Waals surface area contributed by atoms with Crippen LogP contribution >= 0.6 is 0 Å². The summed E-state index contributed by atoms with van der Waals surface area (Å²) in [6.07, 6.45) is 0. The van der Waals surface area contributed by atoms with E-state index in [-0.39, 0.29) is 5.95 Å². The maximum absolute atomic E-state index is 5.49. The van der Waals surface area contributed by atoms with Gasteiger partial charge in [0.25, 0.3) is 0 Å². The van der Waals surface area contributed by atoms with Crippen molar-refractivity contribution in [2.24, 2.45) is 0 Å². The Balaban J connectivity index is 2.79. The summed E-state index contributed by atoms with van der Waals surface area (Å²) in [5.74, 6) is 6.39. The van der Waals surface area contributed by atoms with Gasteiger partial charge in [-0.3, -0.25) is 0 Å². The summed E-state index contributed by atoms with van der Waals surface area (Å²) in [5.41, 5.74) is 5.36. The second kappa shape index (κ2) is 2.75. The molecule has 1 aromatic heterocycles. The minimum absolute atomic E-state index is 0.238. The van der Waals surface area contributed by atoms with Crippen LogP contribution in [0.3, 0.4) is 0 Å². The Morgan fingerprint density at radius 1 is 1.45 bits per heavy atom. The Hall–Kier alpha value is -1.30. The van der Waals surface area contributed by atoms with Gasteiger partial charge in [-0.05, 0) is 14.1 Å². The smallest absolute Gasteiger partial charge is 0.240 e. The van der Waals surface area contributed by atoms with Crippen LogP contribution < -0.4 is 11.6 Å². The van der Waals surface area contributed by atoms with Gasteiger partial charge in [-0.1, -0.05) is 0 Å². The molecule has 0 aliphatic carbocycles. The van der Waals surface area contributed by atoms with Crippen LogP contribution in [0.25, 0.3) is 0 Å². The fourth-order valence-electron chi connectivity index (χ4n) is 0.728. The van der Waals surface area contributed by atoms with Crippen molar-refractivity contribution in [2.75, 3.05) is 25.7 Å².